The quantitative estimate of drug-likeness (QED) is 0.545. The summed E-state index contributed by atoms with van der Waals surface area (Å²) in [5, 5.41) is 8.56. The van der Waals surface area contributed by atoms with Gasteiger partial charge in [-0.1, -0.05) is 12.0 Å². The third-order valence-electron chi connectivity index (χ3n) is 1.88. The summed E-state index contributed by atoms with van der Waals surface area (Å²) in [5.41, 5.74) is 0.942. The van der Waals surface area contributed by atoms with E-state index in [0.717, 1.165) is 12.0 Å². The molecule has 1 aliphatic heterocycles. The van der Waals surface area contributed by atoms with Gasteiger partial charge in [0.15, 0.2) is 0 Å². The average Bonchev–Trinajstić information content (AvgIpc) is 2.17. The maximum absolute atomic E-state index is 11.0. The fraction of sp³-hybridized carbons (Fsp3) is 0.444. The summed E-state index contributed by atoms with van der Waals surface area (Å²) < 4.78 is 0. The van der Waals surface area contributed by atoms with Gasteiger partial charge in [-0.25, -0.2) is 0 Å². The standard InChI is InChI=1S/C9H11NO2/c1-2-8-3-5-10(6-4-8)9(12)7-11/h1,3,11H,4-7H2. The van der Waals surface area contributed by atoms with E-state index >= 15 is 0 Å². The largest absolute Gasteiger partial charge is 0.387 e. The summed E-state index contributed by atoms with van der Waals surface area (Å²) in [7, 11) is 0. The lowest BCUT2D eigenvalue weighted by Crippen LogP contribution is -2.36. The number of amides is 1. The second-order valence-electron chi connectivity index (χ2n) is 2.62. The second kappa shape index (κ2) is 3.93. The molecule has 0 atom stereocenters. The molecule has 64 valence electrons. The first-order valence-corrected chi connectivity index (χ1v) is 3.82. The predicted octanol–water partition coefficient (Wildman–Crippen LogP) is -0.229. The van der Waals surface area contributed by atoms with Crippen LogP contribution in [0.5, 0.6) is 0 Å². The van der Waals surface area contributed by atoms with Crippen LogP contribution >= 0.6 is 0 Å². The van der Waals surface area contributed by atoms with Gasteiger partial charge in [-0.2, -0.15) is 0 Å². The molecule has 0 aromatic rings. The molecule has 0 spiro atoms. The SMILES string of the molecule is C#CC1=CCN(C(=O)CO)CC1. The van der Waals surface area contributed by atoms with Crippen molar-refractivity contribution >= 4 is 5.91 Å². The molecule has 3 heteroatoms. The first-order valence-electron chi connectivity index (χ1n) is 3.82. The van der Waals surface area contributed by atoms with Crippen LogP contribution in [0.3, 0.4) is 0 Å². The Balaban J connectivity index is 2.53. The Labute approximate surface area is 71.7 Å². The number of aliphatic hydroxyl groups excluding tert-OH is 1. The highest BCUT2D eigenvalue weighted by Gasteiger charge is 2.14. The Hall–Kier alpha value is -1.27. The Morgan fingerprint density at radius 2 is 2.58 bits per heavy atom. The monoisotopic (exact) mass is 165 g/mol. The first-order chi connectivity index (χ1) is 5.77. The molecule has 0 aromatic carbocycles. The van der Waals surface area contributed by atoms with Crippen molar-refractivity contribution in [2.75, 3.05) is 19.7 Å². The summed E-state index contributed by atoms with van der Waals surface area (Å²) in [5.74, 6) is 2.31. The van der Waals surface area contributed by atoms with E-state index in [4.69, 9.17) is 11.5 Å². The molecule has 0 unspecified atom stereocenters. The minimum Gasteiger partial charge on any atom is -0.387 e. The van der Waals surface area contributed by atoms with Crippen molar-refractivity contribution < 1.29 is 9.90 Å². The Morgan fingerprint density at radius 1 is 1.83 bits per heavy atom. The minimum absolute atomic E-state index is 0.234. The van der Waals surface area contributed by atoms with Crippen molar-refractivity contribution in [2.24, 2.45) is 0 Å². The lowest BCUT2D eigenvalue weighted by molar-refractivity contribution is -0.133. The highest BCUT2D eigenvalue weighted by atomic mass is 16.3. The number of rotatable bonds is 1. The Bertz CT molecular complexity index is 250. The van der Waals surface area contributed by atoms with Crippen molar-refractivity contribution in [3.05, 3.63) is 11.6 Å². The number of carbonyl (C=O) groups is 1. The van der Waals surface area contributed by atoms with Crippen molar-refractivity contribution in [1.29, 1.82) is 0 Å². The Kier molecular flexibility index (Phi) is 2.89. The molecule has 1 amide bonds. The zero-order valence-corrected chi connectivity index (χ0v) is 6.79. The number of hydrogen-bond donors (Lipinski definition) is 1. The normalized spacial score (nSPS) is 16.7. The zero-order valence-electron chi connectivity index (χ0n) is 6.79. The lowest BCUT2D eigenvalue weighted by Gasteiger charge is -2.23. The molecule has 1 heterocycles. The fourth-order valence-corrected chi connectivity index (χ4v) is 1.13. The van der Waals surface area contributed by atoms with Gasteiger partial charge in [0.25, 0.3) is 0 Å². The van der Waals surface area contributed by atoms with Gasteiger partial charge in [-0.3, -0.25) is 4.79 Å². The van der Waals surface area contributed by atoms with Crippen LogP contribution in [0.25, 0.3) is 0 Å². The van der Waals surface area contributed by atoms with Crippen LogP contribution in [0.1, 0.15) is 6.42 Å². The van der Waals surface area contributed by atoms with E-state index in [2.05, 4.69) is 5.92 Å². The third kappa shape index (κ3) is 1.86. The summed E-state index contributed by atoms with van der Waals surface area (Å²) in [6, 6.07) is 0. The van der Waals surface area contributed by atoms with Gasteiger partial charge in [0, 0.05) is 18.7 Å². The van der Waals surface area contributed by atoms with E-state index in [9.17, 15) is 4.79 Å². The molecule has 1 aliphatic rings. The van der Waals surface area contributed by atoms with E-state index in [-0.39, 0.29) is 5.91 Å². The van der Waals surface area contributed by atoms with E-state index in [1.807, 2.05) is 6.08 Å². The van der Waals surface area contributed by atoms with Crippen LogP contribution < -0.4 is 0 Å². The first kappa shape index (κ1) is 8.82. The highest BCUT2D eigenvalue weighted by molar-refractivity contribution is 5.77. The van der Waals surface area contributed by atoms with E-state index in [1.165, 1.54) is 0 Å². The summed E-state index contributed by atoms with van der Waals surface area (Å²) in [6.07, 6.45) is 7.75. The van der Waals surface area contributed by atoms with Gasteiger partial charge in [-0.15, -0.1) is 6.42 Å². The summed E-state index contributed by atoms with van der Waals surface area (Å²) in [4.78, 5) is 12.5. The fourth-order valence-electron chi connectivity index (χ4n) is 1.13. The maximum atomic E-state index is 11.0. The highest BCUT2D eigenvalue weighted by Crippen LogP contribution is 2.08. The van der Waals surface area contributed by atoms with Crippen LogP contribution in [0, 0.1) is 12.3 Å². The number of nitrogens with zero attached hydrogens (tertiary/aromatic N) is 1. The second-order valence-corrected chi connectivity index (χ2v) is 2.62. The molecule has 3 nitrogen and oxygen atoms in total. The molecule has 0 saturated carbocycles. The van der Waals surface area contributed by atoms with Gasteiger partial charge in [0.1, 0.15) is 6.61 Å². The molecule has 0 saturated heterocycles. The van der Waals surface area contributed by atoms with Gasteiger partial charge in [-0.05, 0) is 6.42 Å². The Morgan fingerprint density at radius 3 is 3.00 bits per heavy atom. The van der Waals surface area contributed by atoms with E-state index in [0.29, 0.717) is 13.1 Å². The number of aliphatic hydroxyl groups is 1. The molecule has 12 heavy (non-hydrogen) atoms. The van der Waals surface area contributed by atoms with Crippen molar-refractivity contribution in [3.63, 3.8) is 0 Å². The zero-order chi connectivity index (χ0) is 8.97. The molecular formula is C9H11NO2. The van der Waals surface area contributed by atoms with Crippen LogP contribution in [0.15, 0.2) is 11.6 Å². The smallest absolute Gasteiger partial charge is 0.248 e. The molecule has 0 fully saturated rings. The summed E-state index contributed by atoms with van der Waals surface area (Å²) >= 11 is 0. The van der Waals surface area contributed by atoms with Crippen LogP contribution in [-0.4, -0.2) is 35.6 Å². The number of hydrogen-bond acceptors (Lipinski definition) is 2. The van der Waals surface area contributed by atoms with Crippen molar-refractivity contribution in [3.8, 4) is 12.3 Å². The third-order valence-corrected chi connectivity index (χ3v) is 1.88. The van der Waals surface area contributed by atoms with E-state index < -0.39 is 6.61 Å². The van der Waals surface area contributed by atoms with Gasteiger partial charge < -0.3 is 10.0 Å². The van der Waals surface area contributed by atoms with Crippen LogP contribution in [-0.2, 0) is 4.79 Å². The molecule has 0 aromatic heterocycles. The van der Waals surface area contributed by atoms with Crippen molar-refractivity contribution in [2.45, 2.75) is 6.42 Å². The molecular weight excluding hydrogens is 154 g/mol. The topological polar surface area (TPSA) is 40.5 Å². The van der Waals surface area contributed by atoms with Gasteiger partial charge in [0.2, 0.25) is 5.91 Å². The molecule has 1 rings (SSSR count). The van der Waals surface area contributed by atoms with Crippen LogP contribution in [0.2, 0.25) is 0 Å². The number of terminal acetylenes is 1. The lowest BCUT2D eigenvalue weighted by atomic mass is 10.1. The average molecular weight is 165 g/mol. The maximum Gasteiger partial charge on any atom is 0.248 e. The van der Waals surface area contributed by atoms with Gasteiger partial charge in [0.05, 0.1) is 0 Å². The number of carbonyl (C=O) groups excluding carboxylic acids is 1. The van der Waals surface area contributed by atoms with E-state index in [1.54, 1.807) is 4.90 Å². The van der Waals surface area contributed by atoms with Crippen molar-refractivity contribution in [1.82, 2.24) is 4.90 Å². The molecule has 0 aliphatic carbocycles. The summed E-state index contributed by atoms with van der Waals surface area (Å²) in [6.45, 7) is 0.730. The predicted molar refractivity (Wildman–Crippen MR) is 45.2 cm³/mol. The van der Waals surface area contributed by atoms with Gasteiger partial charge >= 0.3 is 0 Å². The minimum atomic E-state index is -0.417. The van der Waals surface area contributed by atoms with Crippen LogP contribution in [0.4, 0.5) is 0 Å². The molecule has 0 bridgehead atoms. The molecule has 1 N–H and O–H groups in total. The molecule has 0 radical (unpaired) electrons.